The molecule has 0 amide bonds. The Bertz CT molecular complexity index is 232. The van der Waals surface area contributed by atoms with E-state index >= 15 is 0 Å². The van der Waals surface area contributed by atoms with Gasteiger partial charge in [0.05, 0.1) is 5.60 Å². The fourth-order valence-corrected chi connectivity index (χ4v) is 3.51. The third-order valence-corrected chi connectivity index (χ3v) is 4.55. The van der Waals surface area contributed by atoms with Gasteiger partial charge in [0.25, 0.3) is 0 Å². The van der Waals surface area contributed by atoms with Crippen LogP contribution in [0.4, 0.5) is 0 Å². The summed E-state index contributed by atoms with van der Waals surface area (Å²) in [4.78, 5) is 2.58. The number of nitrogens with one attached hydrogen (secondary N) is 1. The van der Waals surface area contributed by atoms with Crippen LogP contribution in [0, 0.1) is 0 Å². The van der Waals surface area contributed by atoms with Gasteiger partial charge in [0.15, 0.2) is 0 Å². The van der Waals surface area contributed by atoms with Crippen molar-refractivity contribution in [3.63, 3.8) is 0 Å². The summed E-state index contributed by atoms with van der Waals surface area (Å²) in [5.74, 6) is 0. The minimum Gasteiger partial charge on any atom is -0.357 e. The van der Waals surface area contributed by atoms with E-state index in [1.807, 2.05) is 0 Å². The molecule has 0 radical (unpaired) electrons. The third kappa shape index (κ3) is 2.13. The van der Waals surface area contributed by atoms with Gasteiger partial charge in [0.2, 0.25) is 0 Å². The normalized spacial score (nSPS) is 35.6. The highest BCUT2D eigenvalue weighted by Crippen LogP contribution is 2.38. The maximum absolute atomic E-state index is 6.42. The van der Waals surface area contributed by atoms with Gasteiger partial charge in [-0.3, -0.25) is 4.90 Å². The lowest BCUT2D eigenvalue weighted by Gasteiger charge is -2.37. The van der Waals surface area contributed by atoms with E-state index in [9.17, 15) is 0 Å². The number of hydrogen-bond donors (Lipinski definition) is 1. The zero-order valence-electron chi connectivity index (χ0n) is 10.2. The largest absolute Gasteiger partial charge is 0.357 e. The van der Waals surface area contributed by atoms with Crippen LogP contribution in [0.25, 0.3) is 0 Å². The van der Waals surface area contributed by atoms with Crippen molar-refractivity contribution in [1.29, 1.82) is 0 Å². The van der Waals surface area contributed by atoms with Crippen LogP contribution < -0.4 is 5.32 Å². The highest BCUT2D eigenvalue weighted by molar-refractivity contribution is 4.92. The molecule has 92 valence electrons. The highest BCUT2D eigenvalue weighted by Gasteiger charge is 2.42. The summed E-state index contributed by atoms with van der Waals surface area (Å²) < 4.78 is 6.42. The van der Waals surface area contributed by atoms with Gasteiger partial charge in [-0.05, 0) is 51.6 Å². The Kier molecular flexibility index (Phi) is 3.18. The van der Waals surface area contributed by atoms with Gasteiger partial charge in [-0.25, -0.2) is 0 Å². The molecule has 16 heavy (non-hydrogen) atoms. The van der Waals surface area contributed by atoms with E-state index in [0.29, 0.717) is 6.23 Å². The lowest BCUT2D eigenvalue weighted by atomic mass is 9.89. The molecule has 0 aromatic carbocycles. The number of rotatable bonds is 1. The second-order valence-corrected chi connectivity index (χ2v) is 5.64. The SMILES string of the molecule is C1CCN(C2CCC3(CCNCC3)O2)CC1. The zero-order chi connectivity index (χ0) is 10.8. The molecule has 1 N–H and O–H groups in total. The molecule has 3 nitrogen and oxygen atoms in total. The van der Waals surface area contributed by atoms with Gasteiger partial charge in [-0.15, -0.1) is 0 Å². The summed E-state index contributed by atoms with van der Waals surface area (Å²) in [6.45, 7) is 4.82. The molecule has 0 aromatic rings. The predicted octanol–water partition coefficient (Wildman–Crippen LogP) is 1.73. The Morgan fingerprint density at radius 3 is 2.50 bits per heavy atom. The fraction of sp³-hybridized carbons (Fsp3) is 1.00. The second-order valence-electron chi connectivity index (χ2n) is 5.64. The molecule has 3 aliphatic heterocycles. The molecule has 0 bridgehead atoms. The van der Waals surface area contributed by atoms with Crippen molar-refractivity contribution in [1.82, 2.24) is 10.2 Å². The van der Waals surface area contributed by atoms with E-state index in [2.05, 4.69) is 10.2 Å². The Labute approximate surface area is 98.5 Å². The lowest BCUT2D eigenvalue weighted by molar-refractivity contribution is -0.122. The minimum absolute atomic E-state index is 0.243. The molecule has 3 heteroatoms. The average Bonchev–Trinajstić information content (AvgIpc) is 2.75. The summed E-state index contributed by atoms with van der Waals surface area (Å²) in [5.41, 5.74) is 0.243. The molecular formula is C13H24N2O. The van der Waals surface area contributed by atoms with Crippen LogP contribution in [-0.2, 0) is 4.74 Å². The Balaban J connectivity index is 1.58. The van der Waals surface area contributed by atoms with E-state index < -0.39 is 0 Å². The van der Waals surface area contributed by atoms with Crippen LogP contribution in [0.3, 0.4) is 0 Å². The summed E-state index contributed by atoms with van der Waals surface area (Å²) in [6.07, 6.45) is 9.59. The van der Waals surface area contributed by atoms with E-state index in [1.165, 1.54) is 58.0 Å². The van der Waals surface area contributed by atoms with Crippen molar-refractivity contribution < 1.29 is 4.74 Å². The van der Waals surface area contributed by atoms with Crippen LogP contribution in [0.2, 0.25) is 0 Å². The van der Waals surface area contributed by atoms with Crippen LogP contribution in [0.1, 0.15) is 44.9 Å². The molecule has 3 heterocycles. The van der Waals surface area contributed by atoms with Crippen LogP contribution >= 0.6 is 0 Å². The molecule has 0 aromatic heterocycles. The highest BCUT2D eigenvalue weighted by atomic mass is 16.5. The number of piperidine rings is 2. The number of nitrogens with zero attached hydrogens (tertiary/aromatic N) is 1. The van der Waals surface area contributed by atoms with Gasteiger partial charge in [0, 0.05) is 13.1 Å². The molecule has 1 unspecified atom stereocenters. The summed E-state index contributed by atoms with van der Waals surface area (Å²) in [5, 5.41) is 3.44. The van der Waals surface area contributed by atoms with Crippen molar-refractivity contribution in [2.24, 2.45) is 0 Å². The molecule has 3 fully saturated rings. The molecule has 0 aliphatic carbocycles. The number of hydrogen-bond acceptors (Lipinski definition) is 3. The first-order valence-electron chi connectivity index (χ1n) is 7.01. The van der Waals surface area contributed by atoms with Gasteiger partial charge >= 0.3 is 0 Å². The summed E-state index contributed by atoms with van der Waals surface area (Å²) >= 11 is 0. The first kappa shape index (κ1) is 11.0. The Hall–Kier alpha value is -0.120. The quantitative estimate of drug-likeness (QED) is 0.734. The maximum atomic E-state index is 6.42. The third-order valence-electron chi connectivity index (χ3n) is 4.55. The second kappa shape index (κ2) is 4.63. The van der Waals surface area contributed by atoms with Crippen LogP contribution in [-0.4, -0.2) is 42.9 Å². The van der Waals surface area contributed by atoms with Crippen molar-refractivity contribution in [3.8, 4) is 0 Å². The molecule has 1 atom stereocenters. The van der Waals surface area contributed by atoms with Gasteiger partial charge in [-0.1, -0.05) is 6.42 Å². The monoisotopic (exact) mass is 224 g/mol. The average molecular weight is 224 g/mol. The molecule has 3 rings (SSSR count). The fourth-order valence-electron chi connectivity index (χ4n) is 3.51. The predicted molar refractivity (Wildman–Crippen MR) is 64.4 cm³/mol. The van der Waals surface area contributed by atoms with Crippen molar-refractivity contribution >= 4 is 0 Å². The van der Waals surface area contributed by atoms with E-state index in [-0.39, 0.29) is 5.60 Å². The number of ether oxygens (including phenoxy) is 1. The van der Waals surface area contributed by atoms with Crippen molar-refractivity contribution in [3.05, 3.63) is 0 Å². The van der Waals surface area contributed by atoms with Crippen LogP contribution in [0.15, 0.2) is 0 Å². The lowest BCUT2D eigenvalue weighted by Crippen LogP contribution is -2.45. The number of likely N-dealkylation sites (tertiary alicyclic amines) is 1. The van der Waals surface area contributed by atoms with Crippen molar-refractivity contribution in [2.75, 3.05) is 26.2 Å². The summed E-state index contributed by atoms with van der Waals surface area (Å²) in [6, 6.07) is 0. The molecule has 0 saturated carbocycles. The zero-order valence-corrected chi connectivity index (χ0v) is 10.2. The van der Waals surface area contributed by atoms with Gasteiger partial charge in [-0.2, -0.15) is 0 Å². The molecule has 1 spiro atoms. The first-order chi connectivity index (χ1) is 7.88. The Morgan fingerprint density at radius 1 is 1.00 bits per heavy atom. The standard InChI is InChI=1S/C13H24N2O/c1-2-10-15(11-3-1)12-4-5-13(16-12)6-8-14-9-7-13/h12,14H,1-11H2. The first-order valence-corrected chi connectivity index (χ1v) is 7.01. The van der Waals surface area contributed by atoms with Gasteiger partial charge in [0.1, 0.15) is 6.23 Å². The molecule has 3 saturated heterocycles. The molecule has 3 aliphatic rings. The maximum Gasteiger partial charge on any atom is 0.111 e. The Morgan fingerprint density at radius 2 is 1.75 bits per heavy atom. The smallest absolute Gasteiger partial charge is 0.111 e. The van der Waals surface area contributed by atoms with E-state index in [1.54, 1.807) is 0 Å². The van der Waals surface area contributed by atoms with Gasteiger partial charge < -0.3 is 10.1 Å². The minimum atomic E-state index is 0.243. The van der Waals surface area contributed by atoms with Crippen LogP contribution in [0.5, 0.6) is 0 Å². The molecular weight excluding hydrogens is 200 g/mol. The summed E-state index contributed by atoms with van der Waals surface area (Å²) in [7, 11) is 0. The topological polar surface area (TPSA) is 24.5 Å². The van der Waals surface area contributed by atoms with Crippen molar-refractivity contribution in [2.45, 2.75) is 56.8 Å². The van der Waals surface area contributed by atoms with E-state index in [4.69, 9.17) is 4.74 Å². The van der Waals surface area contributed by atoms with E-state index in [0.717, 1.165) is 13.1 Å².